The van der Waals surface area contributed by atoms with Gasteiger partial charge in [0.25, 0.3) is 5.91 Å². The smallest absolute Gasteiger partial charge is 0.259 e. The van der Waals surface area contributed by atoms with E-state index in [9.17, 15) is 19.1 Å². The van der Waals surface area contributed by atoms with Crippen LogP contribution in [0.3, 0.4) is 0 Å². The summed E-state index contributed by atoms with van der Waals surface area (Å²) in [5.74, 6) is -0.965. The zero-order chi connectivity index (χ0) is 19.7. The largest absolute Gasteiger partial charge is 0.508 e. The van der Waals surface area contributed by atoms with Crippen molar-refractivity contribution in [2.75, 3.05) is 4.90 Å². The first kappa shape index (κ1) is 17.7. The molecule has 2 unspecified atom stereocenters. The van der Waals surface area contributed by atoms with Gasteiger partial charge in [-0.25, -0.2) is 4.39 Å². The highest BCUT2D eigenvalue weighted by Gasteiger charge is 2.47. The Hall–Kier alpha value is -3.67. The molecule has 0 aromatic heterocycles. The van der Waals surface area contributed by atoms with Crippen molar-refractivity contribution >= 4 is 17.5 Å². The van der Waals surface area contributed by atoms with Crippen LogP contribution in [-0.2, 0) is 4.79 Å². The molecule has 4 rings (SSSR count). The predicted octanol–water partition coefficient (Wildman–Crippen LogP) is 3.42. The number of anilines is 1. The number of nitrogens with zero attached hydrogens (tertiary/aromatic N) is 1. The van der Waals surface area contributed by atoms with Crippen molar-refractivity contribution in [3.63, 3.8) is 0 Å². The number of aromatic hydroxyl groups is 1. The third-order valence-corrected chi connectivity index (χ3v) is 4.76. The van der Waals surface area contributed by atoms with E-state index < -0.39 is 17.9 Å². The number of carbonyl (C=O) groups excluding carboxylic acids is 2. The average Bonchev–Trinajstić information content (AvgIpc) is 2.72. The Morgan fingerprint density at radius 3 is 2.18 bits per heavy atom. The molecule has 2 N–H and O–H groups in total. The van der Waals surface area contributed by atoms with Gasteiger partial charge in [-0.2, -0.15) is 0 Å². The fourth-order valence-electron chi connectivity index (χ4n) is 3.31. The normalized spacial score (nSPS) is 18.1. The minimum Gasteiger partial charge on any atom is -0.508 e. The molecular formula is C22H17FN2O3. The van der Waals surface area contributed by atoms with E-state index in [1.165, 1.54) is 41.3 Å². The van der Waals surface area contributed by atoms with Gasteiger partial charge < -0.3 is 10.4 Å². The molecule has 3 aromatic rings. The van der Waals surface area contributed by atoms with Gasteiger partial charge in [-0.3, -0.25) is 14.5 Å². The topological polar surface area (TPSA) is 69.6 Å². The molecule has 0 bridgehead atoms. The summed E-state index contributed by atoms with van der Waals surface area (Å²) in [5.41, 5.74) is 1.62. The maximum absolute atomic E-state index is 13.4. The third-order valence-electron chi connectivity index (χ3n) is 4.76. The van der Waals surface area contributed by atoms with Crippen LogP contribution in [0, 0.1) is 5.82 Å². The van der Waals surface area contributed by atoms with E-state index in [0.717, 1.165) is 5.56 Å². The van der Waals surface area contributed by atoms with E-state index in [4.69, 9.17) is 0 Å². The molecule has 28 heavy (non-hydrogen) atoms. The van der Waals surface area contributed by atoms with Crippen LogP contribution in [0.4, 0.5) is 10.1 Å². The molecule has 2 amide bonds. The highest BCUT2D eigenvalue weighted by atomic mass is 19.1. The number of β-lactam (4-membered cyclic amide) rings is 1. The number of nitrogens with one attached hydrogen (secondary N) is 1. The highest BCUT2D eigenvalue weighted by Crippen LogP contribution is 2.34. The van der Waals surface area contributed by atoms with Crippen LogP contribution in [0.5, 0.6) is 5.75 Å². The standard InChI is InChI=1S/C22H17FN2O3/c23-16-8-10-17(11-9-16)25(22(28)15-4-2-1-3-5-15)20-19(24-21(20)27)14-6-12-18(26)13-7-14/h1-13,19-20,26H,(H,24,27). The number of hydrogen-bond acceptors (Lipinski definition) is 3. The van der Waals surface area contributed by atoms with Crippen LogP contribution in [0.1, 0.15) is 22.0 Å². The minimum absolute atomic E-state index is 0.113. The second kappa shape index (κ2) is 7.15. The molecule has 0 spiro atoms. The molecular weight excluding hydrogens is 359 g/mol. The fraction of sp³-hybridized carbons (Fsp3) is 0.0909. The van der Waals surface area contributed by atoms with Crippen molar-refractivity contribution in [1.82, 2.24) is 5.32 Å². The summed E-state index contributed by atoms with van der Waals surface area (Å²) < 4.78 is 13.4. The first-order chi connectivity index (χ1) is 13.5. The van der Waals surface area contributed by atoms with Crippen LogP contribution in [0.25, 0.3) is 0 Å². The van der Waals surface area contributed by atoms with Crippen LogP contribution >= 0.6 is 0 Å². The molecule has 1 heterocycles. The summed E-state index contributed by atoms with van der Waals surface area (Å²) in [6.07, 6.45) is 0. The van der Waals surface area contributed by atoms with E-state index in [2.05, 4.69) is 5.32 Å². The van der Waals surface area contributed by atoms with Gasteiger partial charge in [0.15, 0.2) is 0 Å². The molecule has 2 atom stereocenters. The predicted molar refractivity (Wildman–Crippen MR) is 102 cm³/mol. The van der Waals surface area contributed by atoms with Crippen LogP contribution < -0.4 is 10.2 Å². The first-order valence-corrected chi connectivity index (χ1v) is 8.78. The Kier molecular flexibility index (Phi) is 4.53. The van der Waals surface area contributed by atoms with E-state index in [1.54, 1.807) is 42.5 Å². The Morgan fingerprint density at radius 1 is 0.929 bits per heavy atom. The maximum atomic E-state index is 13.4. The molecule has 0 saturated carbocycles. The van der Waals surface area contributed by atoms with E-state index in [0.29, 0.717) is 11.3 Å². The number of carbonyl (C=O) groups is 2. The van der Waals surface area contributed by atoms with Crippen molar-refractivity contribution in [3.8, 4) is 5.75 Å². The summed E-state index contributed by atoms with van der Waals surface area (Å²) in [5, 5.41) is 12.3. The molecule has 0 aliphatic carbocycles. The van der Waals surface area contributed by atoms with Gasteiger partial charge in [-0.1, -0.05) is 30.3 Å². The first-order valence-electron chi connectivity index (χ1n) is 8.78. The molecule has 1 saturated heterocycles. The summed E-state index contributed by atoms with van der Waals surface area (Å²) in [4.78, 5) is 27.1. The Labute approximate surface area is 161 Å². The van der Waals surface area contributed by atoms with Crippen molar-refractivity contribution in [2.45, 2.75) is 12.1 Å². The van der Waals surface area contributed by atoms with Crippen LogP contribution in [0.15, 0.2) is 78.9 Å². The van der Waals surface area contributed by atoms with E-state index in [1.807, 2.05) is 0 Å². The molecule has 1 fully saturated rings. The average molecular weight is 376 g/mol. The molecule has 6 heteroatoms. The summed E-state index contributed by atoms with van der Waals surface area (Å²) in [6, 6.07) is 19.3. The van der Waals surface area contributed by atoms with Gasteiger partial charge in [0.05, 0.1) is 6.04 Å². The third kappa shape index (κ3) is 3.20. The number of hydrogen-bond donors (Lipinski definition) is 2. The number of halogens is 1. The van der Waals surface area contributed by atoms with E-state index in [-0.39, 0.29) is 17.6 Å². The molecule has 0 radical (unpaired) electrons. The van der Waals surface area contributed by atoms with Gasteiger partial charge in [0.1, 0.15) is 17.6 Å². The van der Waals surface area contributed by atoms with Gasteiger partial charge >= 0.3 is 0 Å². The van der Waals surface area contributed by atoms with Crippen molar-refractivity contribution < 1.29 is 19.1 Å². The van der Waals surface area contributed by atoms with Crippen molar-refractivity contribution in [1.29, 1.82) is 0 Å². The van der Waals surface area contributed by atoms with Crippen molar-refractivity contribution in [3.05, 3.63) is 95.8 Å². The monoisotopic (exact) mass is 376 g/mol. The van der Waals surface area contributed by atoms with Crippen LogP contribution in [0.2, 0.25) is 0 Å². The van der Waals surface area contributed by atoms with Crippen LogP contribution in [-0.4, -0.2) is 23.0 Å². The minimum atomic E-state index is -0.789. The van der Waals surface area contributed by atoms with Gasteiger partial charge in [0, 0.05) is 11.3 Å². The molecule has 5 nitrogen and oxygen atoms in total. The lowest BCUT2D eigenvalue weighted by Gasteiger charge is -2.44. The fourth-order valence-corrected chi connectivity index (χ4v) is 3.31. The van der Waals surface area contributed by atoms with E-state index >= 15 is 0 Å². The molecule has 1 aliphatic heterocycles. The van der Waals surface area contributed by atoms with Gasteiger partial charge in [-0.15, -0.1) is 0 Å². The lowest BCUT2D eigenvalue weighted by Crippen LogP contribution is -2.65. The number of amides is 2. The summed E-state index contributed by atoms with van der Waals surface area (Å²) in [7, 11) is 0. The molecule has 1 aliphatic rings. The Morgan fingerprint density at radius 2 is 1.57 bits per heavy atom. The lowest BCUT2D eigenvalue weighted by atomic mass is 9.89. The number of phenolic OH excluding ortho intramolecular Hbond substituents is 1. The number of benzene rings is 3. The Balaban J connectivity index is 1.75. The van der Waals surface area contributed by atoms with Crippen molar-refractivity contribution in [2.24, 2.45) is 0 Å². The number of rotatable bonds is 4. The highest BCUT2D eigenvalue weighted by molar-refractivity contribution is 6.11. The molecule has 3 aromatic carbocycles. The second-order valence-electron chi connectivity index (χ2n) is 6.54. The molecule has 140 valence electrons. The summed E-state index contributed by atoms with van der Waals surface area (Å²) >= 11 is 0. The zero-order valence-corrected chi connectivity index (χ0v) is 14.7. The van der Waals surface area contributed by atoms with Gasteiger partial charge in [0.2, 0.25) is 5.91 Å². The zero-order valence-electron chi connectivity index (χ0n) is 14.7. The lowest BCUT2D eigenvalue weighted by molar-refractivity contribution is -0.130. The van der Waals surface area contributed by atoms with Gasteiger partial charge in [-0.05, 0) is 54.1 Å². The second-order valence-corrected chi connectivity index (χ2v) is 6.54. The Bertz CT molecular complexity index is 1000. The summed E-state index contributed by atoms with van der Waals surface area (Å²) in [6.45, 7) is 0. The maximum Gasteiger partial charge on any atom is 0.259 e. The SMILES string of the molecule is O=C1NC(c2ccc(O)cc2)C1N(C(=O)c1ccccc1)c1ccc(F)cc1. The number of phenols is 1. The quantitative estimate of drug-likeness (QED) is 0.686.